The molecule has 162 valence electrons. The van der Waals surface area contributed by atoms with Crippen LogP contribution in [0.5, 0.6) is 5.75 Å². The standard InChI is InChI=1S/C22H20F3N3O2S/c1-13-8-14(2)10-16(9-13)26-20(29)12-31-21-27-18(11-19(28-21)22(23,24)25)15-4-6-17(30-3)7-5-15/h4-11H,12H2,1-3H3,(H,26,29). The van der Waals surface area contributed by atoms with Crippen LogP contribution in [-0.4, -0.2) is 28.7 Å². The van der Waals surface area contributed by atoms with Crippen molar-refractivity contribution in [1.29, 1.82) is 0 Å². The van der Waals surface area contributed by atoms with Crippen molar-refractivity contribution in [3.63, 3.8) is 0 Å². The summed E-state index contributed by atoms with van der Waals surface area (Å²) in [6.07, 6.45) is -4.64. The van der Waals surface area contributed by atoms with Gasteiger partial charge in [0.1, 0.15) is 11.4 Å². The van der Waals surface area contributed by atoms with Crippen LogP contribution in [-0.2, 0) is 11.0 Å². The zero-order chi connectivity index (χ0) is 22.6. The summed E-state index contributed by atoms with van der Waals surface area (Å²) in [5.41, 5.74) is 2.15. The second kappa shape index (κ2) is 9.38. The molecule has 9 heteroatoms. The van der Waals surface area contributed by atoms with E-state index >= 15 is 0 Å². The molecule has 3 rings (SSSR count). The first kappa shape index (κ1) is 22.6. The van der Waals surface area contributed by atoms with Crippen molar-refractivity contribution < 1.29 is 22.7 Å². The first-order chi connectivity index (χ1) is 14.6. The summed E-state index contributed by atoms with van der Waals surface area (Å²) in [5, 5.41) is 2.62. The van der Waals surface area contributed by atoms with Crippen molar-refractivity contribution in [3.05, 3.63) is 65.4 Å². The first-order valence-corrected chi connectivity index (χ1v) is 10.2. The van der Waals surface area contributed by atoms with Gasteiger partial charge in [0.15, 0.2) is 5.16 Å². The predicted octanol–water partition coefficient (Wildman–Crippen LogP) is 5.52. The van der Waals surface area contributed by atoms with Gasteiger partial charge in [-0.2, -0.15) is 13.2 Å². The van der Waals surface area contributed by atoms with E-state index in [2.05, 4.69) is 15.3 Å². The number of methoxy groups -OCH3 is 1. The van der Waals surface area contributed by atoms with E-state index in [1.807, 2.05) is 32.0 Å². The number of nitrogens with zero attached hydrogens (tertiary/aromatic N) is 2. The number of benzene rings is 2. The molecule has 1 N–H and O–H groups in total. The minimum absolute atomic E-state index is 0.113. The highest BCUT2D eigenvalue weighted by Gasteiger charge is 2.34. The molecule has 0 saturated heterocycles. The number of anilines is 1. The summed E-state index contributed by atoms with van der Waals surface area (Å²) < 4.78 is 45.1. The molecule has 0 radical (unpaired) electrons. The number of rotatable bonds is 6. The lowest BCUT2D eigenvalue weighted by atomic mass is 10.1. The number of alkyl halides is 3. The Balaban J connectivity index is 1.80. The van der Waals surface area contributed by atoms with Gasteiger partial charge in [0.25, 0.3) is 0 Å². The van der Waals surface area contributed by atoms with Gasteiger partial charge in [0.2, 0.25) is 5.91 Å². The number of aromatic nitrogens is 2. The van der Waals surface area contributed by atoms with Crippen molar-refractivity contribution in [2.24, 2.45) is 0 Å². The molecule has 1 heterocycles. The van der Waals surface area contributed by atoms with E-state index in [0.717, 1.165) is 29.0 Å². The van der Waals surface area contributed by atoms with Crippen molar-refractivity contribution in [2.75, 3.05) is 18.2 Å². The Bertz CT molecular complexity index is 1070. The Morgan fingerprint density at radius 1 is 1.03 bits per heavy atom. The van der Waals surface area contributed by atoms with Crippen LogP contribution in [0.4, 0.5) is 18.9 Å². The molecule has 0 saturated carbocycles. The summed E-state index contributed by atoms with van der Waals surface area (Å²) in [5.74, 6) is 0.0876. The second-order valence-electron chi connectivity index (χ2n) is 6.86. The summed E-state index contributed by atoms with van der Waals surface area (Å²) in [6, 6.07) is 13.0. The molecule has 5 nitrogen and oxygen atoms in total. The quantitative estimate of drug-likeness (QED) is 0.398. The summed E-state index contributed by atoms with van der Waals surface area (Å²) >= 11 is 0.844. The Labute approximate surface area is 182 Å². The number of halogens is 3. The number of aryl methyl sites for hydroxylation is 2. The molecule has 31 heavy (non-hydrogen) atoms. The minimum Gasteiger partial charge on any atom is -0.497 e. The lowest BCUT2D eigenvalue weighted by Crippen LogP contribution is -2.15. The van der Waals surface area contributed by atoms with E-state index in [9.17, 15) is 18.0 Å². The number of carbonyl (C=O) groups is 1. The number of hydrogen-bond acceptors (Lipinski definition) is 5. The molecule has 1 aromatic heterocycles. The maximum atomic E-state index is 13.3. The van der Waals surface area contributed by atoms with Crippen LogP contribution in [0, 0.1) is 13.8 Å². The van der Waals surface area contributed by atoms with E-state index in [4.69, 9.17) is 4.74 Å². The fraction of sp³-hybridized carbons (Fsp3) is 0.227. The highest BCUT2D eigenvalue weighted by atomic mass is 32.2. The monoisotopic (exact) mass is 447 g/mol. The number of ether oxygens (including phenoxy) is 1. The third-order valence-electron chi connectivity index (χ3n) is 4.22. The summed E-state index contributed by atoms with van der Waals surface area (Å²) in [7, 11) is 1.50. The third kappa shape index (κ3) is 6.21. The maximum Gasteiger partial charge on any atom is 0.433 e. The zero-order valence-electron chi connectivity index (χ0n) is 17.1. The van der Waals surface area contributed by atoms with E-state index in [1.54, 1.807) is 24.3 Å². The molecule has 0 atom stereocenters. The van der Waals surface area contributed by atoms with Crippen molar-refractivity contribution in [3.8, 4) is 17.0 Å². The number of amides is 1. The number of carbonyl (C=O) groups excluding carboxylic acids is 1. The Hall–Kier alpha value is -3.07. The van der Waals surface area contributed by atoms with Gasteiger partial charge in [-0.3, -0.25) is 4.79 Å². The highest BCUT2D eigenvalue weighted by molar-refractivity contribution is 7.99. The van der Waals surface area contributed by atoms with Gasteiger partial charge in [-0.1, -0.05) is 17.8 Å². The van der Waals surface area contributed by atoms with Gasteiger partial charge in [0.05, 0.1) is 18.6 Å². The number of hydrogen-bond donors (Lipinski definition) is 1. The molecule has 0 aliphatic heterocycles. The fourth-order valence-corrected chi connectivity index (χ4v) is 3.58. The topological polar surface area (TPSA) is 64.1 Å². The van der Waals surface area contributed by atoms with Crippen LogP contribution in [0.15, 0.2) is 53.7 Å². The first-order valence-electron chi connectivity index (χ1n) is 9.25. The van der Waals surface area contributed by atoms with Crippen LogP contribution in [0.25, 0.3) is 11.3 Å². The maximum absolute atomic E-state index is 13.3. The van der Waals surface area contributed by atoms with Gasteiger partial charge in [-0.15, -0.1) is 0 Å². The summed E-state index contributed by atoms with van der Waals surface area (Å²) in [6.45, 7) is 3.82. The van der Waals surface area contributed by atoms with Gasteiger partial charge in [-0.25, -0.2) is 9.97 Å². The van der Waals surface area contributed by atoms with Crippen LogP contribution in [0.3, 0.4) is 0 Å². The van der Waals surface area contributed by atoms with Crippen molar-refractivity contribution in [2.45, 2.75) is 25.2 Å². The molecule has 3 aromatic rings. The molecule has 0 spiro atoms. The number of thioether (sulfide) groups is 1. The van der Waals surface area contributed by atoms with Crippen LogP contribution >= 0.6 is 11.8 Å². The average molecular weight is 447 g/mol. The molecule has 0 aliphatic carbocycles. The Morgan fingerprint density at radius 2 is 1.68 bits per heavy atom. The minimum atomic E-state index is -4.64. The van der Waals surface area contributed by atoms with Gasteiger partial charge in [-0.05, 0) is 67.4 Å². The fourth-order valence-electron chi connectivity index (χ4n) is 2.92. The predicted molar refractivity (Wildman–Crippen MR) is 114 cm³/mol. The van der Waals surface area contributed by atoms with Crippen LogP contribution < -0.4 is 10.1 Å². The van der Waals surface area contributed by atoms with Crippen molar-refractivity contribution in [1.82, 2.24) is 9.97 Å². The van der Waals surface area contributed by atoms with Gasteiger partial charge >= 0.3 is 6.18 Å². The van der Waals surface area contributed by atoms with Crippen molar-refractivity contribution >= 4 is 23.4 Å². The second-order valence-corrected chi connectivity index (χ2v) is 7.80. The van der Waals surface area contributed by atoms with Crippen LogP contribution in [0.2, 0.25) is 0 Å². The van der Waals surface area contributed by atoms with E-state index in [0.29, 0.717) is 17.0 Å². The van der Waals surface area contributed by atoms with Gasteiger partial charge < -0.3 is 10.1 Å². The molecule has 2 aromatic carbocycles. The molecular weight excluding hydrogens is 427 g/mol. The van der Waals surface area contributed by atoms with E-state index in [1.165, 1.54) is 7.11 Å². The molecule has 1 amide bonds. The summed E-state index contributed by atoms with van der Waals surface area (Å²) in [4.78, 5) is 20.1. The van der Waals surface area contributed by atoms with E-state index in [-0.39, 0.29) is 22.5 Å². The van der Waals surface area contributed by atoms with Gasteiger partial charge in [0, 0.05) is 11.3 Å². The highest BCUT2D eigenvalue weighted by Crippen LogP contribution is 2.32. The molecule has 0 bridgehead atoms. The Morgan fingerprint density at radius 3 is 2.26 bits per heavy atom. The lowest BCUT2D eigenvalue weighted by Gasteiger charge is -2.11. The smallest absolute Gasteiger partial charge is 0.433 e. The normalized spacial score (nSPS) is 11.3. The lowest BCUT2D eigenvalue weighted by molar-refractivity contribution is -0.141. The van der Waals surface area contributed by atoms with Crippen LogP contribution in [0.1, 0.15) is 16.8 Å². The van der Waals surface area contributed by atoms with E-state index < -0.39 is 11.9 Å². The molecule has 0 fully saturated rings. The molecular formula is C22H20F3N3O2S. The molecule has 0 unspecified atom stereocenters. The largest absolute Gasteiger partial charge is 0.497 e. The molecule has 0 aliphatic rings. The third-order valence-corrected chi connectivity index (χ3v) is 5.07. The zero-order valence-corrected chi connectivity index (χ0v) is 17.9. The average Bonchev–Trinajstić information content (AvgIpc) is 2.71. The Kier molecular flexibility index (Phi) is 6.84. The SMILES string of the molecule is COc1ccc(-c2cc(C(F)(F)F)nc(SCC(=O)Nc3cc(C)cc(C)c3)n2)cc1. The number of nitrogens with one attached hydrogen (secondary N) is 1.